The molecule has 4 heteroatoms. The van der Waals surface area contributed by atoms with E-state index in [2.05, 4.69) is 16.8 Å². The van der Waals surface area contributed by atoms with Gasteiger partial charge in [-0.1, -0.05) is 31.2 Å². The maximum absolute atomic E-state index is 12.6. The molecule has 0 saturated heterocycles. The summed E-state index contributed by atoms with van der Waals surface area (Å²) in [6.07, 6.45) is 5.31. The fourth-order valence-electron chi connectivity index (χ4n) is 2.99. The lowest BCUT2D eigenvalue weighted by molar-refractivity contribution is -0.116. The fraction of sp³-hybridized carbons (Fsp3) is 0.227. The van der Waals surface area contributed by atoms with Crippen LogP contribution < -0.4 is 10.1 Å². The van der Waals surface area contributed by atoms with Crippen LogP contribution in [-0.2, 0) is 11.2 Å². The quantitative estimate of drug-likeness (QED) is 0.674. The second kappa shape index (κ2) is 8.39. The molecule has 1 amide bonds. The molecule has 26 heavy (non-hydrogen) atoms. The number of ether oxygens (including phenoxy) is 1. The Kier molecular flexibility index (Phi) is 5.74. The molecule has 1 heterocycles. The van der Waals surface area contributed by atoms with Gasteiger partial charge in [0.25, 0.3) is 0 Å². The average Bonchev–Trinajstić information content (AvgIpc) is 3.21. The number of amides is 1. The van der Waals surface area contributed by atoms with E-state index in [1.54, 1.807) is 7.11 Å². The van der Waals surface area contributed by atoms with E-state index in [4.69, 9.17) is 4.74 Å². The number of hydrogen-bond donors (Lipinski definition) is 1. The fourth-order valence-corrected chi connectivity index (χ4v) is 2.99. The maximum Gasteiger partial charge on any atom is 0.226 e. The number of nitrogens with zero attached hydrogens (tertiary/aromatic N) is 1. The Morgan fingerprint density at radius 2 is 1.69 bits per heavy atom. The van der Waals surface area contributed by atoms with Crippen molar-refractivity contribution in [1.82, 2.24) is 4.57 Å². The number of anilines is 1. The number of nitrogens with one attached hydrogen (secondary N) is 1. The van der Waals surface area contributed by atoms with Crippen LogP contribution in [0.2, 0.25) is 0 Å². The molecule has 0 aliphatic carbocycles. The van der Waals surface area contributed by atoms with Gasteiger partial charge in [0.2, 0.25) is 5.91 Å². The first-order valence-electron chi connectivity index (χ1n) is 8.84. The van der Waals surface area contributed by atoms with Crippen LogP contribution in [0.15, 0.2) is 73.1 Å². The molecule has 4 nitrogen and oxygen atoms in total. The number of aromatic nitrogens is 1. The highest BCUT2D eigenvalue weighted by Gasteiger charge is 2.17. The molecule has 1 aromatic heterocycles. The van der Waals surface area contributed by atoms with Gasteiger partial charge in [0, 0.05) is 18.1 Å². The molecule has 1 N–H and O–H groups in total. The van der Waals surface area contributed by atoms with Gasteiger partial charge >= 0.3 is 0 Å². The van der Waals surface area contributed by atoms with Gasteiger partial charge in [-0.25, -0.2) is 0 Å². The smallest absolute Gasteiger partial charge is 0.226 e. The van der Waals surface area contributed by atoms with Crippen LogP contribution in [0.1, 0.15) is 30.5 Å². The minimum Gasteiger partial charge on any atom is -0.497 e. The van der Waals surface area contributed by atoms with Crippen molar-refractivity contribution in [2.75, 3.05) is 12.4 Å². The van der Waals surface area contributed by atoms with E-state index >= 15 is 0 Å². The van der Waals surface area contributed by atoms with E-state index in [1.807, 2.05) is 73.1 Å². The Hall–Kier alpha value is -3.01. The number of methoxy groups -OCH3 is 1. The summed E-state index contributed by atoms with van der Waals surface area (Å²) in [6.45, 7) is 2.12. The number of benzene rings is 2. The molecule has 0 aliphatic rings. The van der Waals surface area contributed by atoms with E-state index in [9.17, 15) is 4.79 Å². The van der Waals surface area contributed by atoms with Gasteiger partial charge in [0.15, 0.2) is 0 Å². The number of hydrogen-bond acceptors (Lipinski definition) is 2. The number of carbonyl (C=O) groups excluding carboxylic acids is 1. The summed E-state index contributed by atoms with van der Waals surface area (Å²) >= 11 is 0. The van der Waals surface area contributed by atoms with E-state index in [1.165, 1.54) is 5.56 Å². The van der Waals surface area contributed by atoms with Crippen molar-refractivity contribution in [2.24, 2.45) is 0 Å². The SMILES string of the molecule is CCc1ccc(NC(=O)C[C@H](c2ccc(OC)cc2)n2cccc2)cc1. The summed E-state index contributed by atoms with van der Waals surface area (Å²) in [5, 5.41) is 3.00. The zero-order valence-electron chi connectivity index (χ0n) is 15.2. The molecule has 3 aromatic rings. The van der Waals surface area contributed by atoms with Gasteiger partial charge < -0.3 is 14.6 Å². The lowest BCUT2D eigenvalue weighted by Crippen LogP contribution is -2.19. The molecule has 0 aliphatic heterocycles. The van der Waals surface area contributed by atoms with Crippen LogP contribution in [0.4, 0.5) is 5.69 Å². The summed E-state index contributed by atoms with van der Waals surface area (Å²) in [6, 6.07) is 19.7. The highest BCUT2D eigenvalue weighted by Crippen LogP contribution is 2.25. The molecule has 2 aromatic carbocycles. The first-order valence-corrected chi connectivity index (χ1v) is 8.84. The topological polar surface area (TPSA) is 43.3 Å². The standard InChI is InChI=1S/C22H24N2O2/c1-3-17-6-10-19(11-7-17)23-22(25)16-21(24-14-4-5-15-24)18-8-12-20(26-2)13-9-18/h4-15,21H,3,16H2,1-2H3,(H,23,25)/t21-/m1/s1. The Morgan fingerprint density at radius 3 is 2.27 bits per heavy atom. The third kappa shape index (κ3) is 4.33. The summed E-state index contributed by atoms with van der Waals surface area (Å²) in [5.74, 6) is 0.796. The van der Waals surface area contributed by atoms with Crippen LogP contribution in [0, 0.1) is 0 Å². The minimum absolute atomic E-state index is 0.0104. The van der Waals surface area contributed by atoms with Gasteiger partial charge in [0.05, 0.1) is 19.6 Å². The van der Waals surface area contributed by atoms with Crippen molar-refractivity contribution in [2.45, 2.75) is 25.8 Å². The zero-order valence-corrected chi connectivity index (χ0v) is 15.2. The van der Waals surface area contributed by atoms with Gasteiger partial charge in [-0.05, 0) is 53.9 Å². The lowest BCUT2D eigenvalue weighted by Gasteiger charge is -2.20. The molecule has 0 unspecified atom stereocenters. The monoisotopic (exact) mass is 348 g/mol. The van der Waals surface area contributed by atoms with Crippen molar-refractivity contribution >= 4 is 11.6 Å². The second-order valence-electron chi connectivity index (χ2n) is 6.22. The first kappa shape index (κ1) is 17.8. The molecule has 1 atom stereocenters. The second-order valence-corrected chi connectivity index (χ2v) is 6.22. The van der Waals surface area contributed by atoms with E-state index in [0.717, 1.165) is 23.4 Å². The molecule has 3 rings (SSSR count). The maximum atomic E-state index is 12.6. The van der Waals surface area contributed by atoms with Gasteiger partial charge in [0.1, 0.15) is 5.75 Å². The Balaban J connectivity index is 1.75. The number of carbonyl (C=O) groups is 1. The van der Waals surface area contributed by atoms with Crippen molar-refractivity contribution in [1.29, 1.82) is 0 Å². The minimum atomic E-state index is -0.0641. The lowest BCUT2D eigenvalue weighted by atomic mass is 10.0. The van der Waals surface area contributed by atoms with Crippen molar-refractivity contribution < 1.29 is 9.53 Å². The van der Waals surface area contributed by atoms with E-state index in [0.29, 0.717) is 6.42 Å². The molecular formula is C22H24N2O2. The number of aryl methyl sites for hydroxylation is 1. The Bertz CT molecular complexity index is 822. The highest BCUT2D eigenvalue weighted by molar-refractivity contribution is 5.91. The third-order valence-electron chi connectivity index (χ3n) is 4.51. The first-order chi connectivity index (χ1) is 12.7. The van der Waals surface area contributed by atoms with Gasteiger partial charge in [-0.2, -0.15) is 0 Å². The molecule has 0 fully saturated rings. The molecular weight excluding hydrogens is 324 g/mol. The van der Waals surface area contributed by atoms with Crippen molar-refractivity contribution in [3.63, 3.8) is 0 Å². The molecule has 134 valence electrons. The normalized spacial score (nSPS) is 11.8. The predicted molar refractivity (Wildman–Crippen MR) is 105 cm³/mol. The summed E-state index contributed by atoms with van der Waals surface area (Å²) in [5.41, 5.74) is 3.15. The van der Waals surface area contributed by atoms with Crippen molar-refractivity contribution in [3.8, 4) is 5.75 Å². The molecule has 0 spiro atoms. The van der Waals surface area contributed by atoms with Crippen molar-refractivity contribution in [3.05, 3.63) is 84.2 Å². The summed E-state index contributed by atoms with van der Waals surface area (Å²) in [7, 11) is 1.65. The average molecular weight is 348 g/mol. The van der Waals surface area contributed by atoms with Crippen LogP contribution in [0.25, 0.3) is 0 Å². The predicted octanol–water partition coefficient (Wildman–Crippen LogP) is 4.68. The van der Waals surface area contributed by atoms with E-state index < -0.39 is 0 Å². The van der Waals surface area contributed by atoms with Crippen LogP contribution >= 0.6 is 0 Å². The largest absolute Gasteiger partial charge is 0.497 e. The summed E-state index contributed by atoms with van der Waals surface area (Å²) < 4.78 is 7.29. The van der Waals surface area contributed by atoms with E-state index in [-0.39, 0.29) is 11.9 Å². The van der Waals surface area contributed by atoms with Gasteiger partial charge in [-0.15, -0.1) is 0 Å². The Morgan fingerprint density at radius 1 is 1.04 bits per heavy atom. The Labute approximate surface area is 154 Å². The third-order valence-corrected chi connectivity index (χ3v) is 4.51. The molecule has 0 bridgehead atoms. The van der Waals surface area contributed by atoms with Crippen LogP contribution in [0.3, 0.4) is 0 Å². The molecule has 0 saturated carbocycles. The van der Waals surface area contributed by atoms with Gasteiger partial charge in [-0.3, -0.25) is 4.79 Å². The zero-order chi connectivity index (χ0) is 18.4. The van der Waals surface area contributed by atoms with Crippen LogP contribution in [-0.4, -0.2) is 17.6 Å². The molecule has 0 radical (unpaired) electrons. The summed E-state index contributed by atoms with van der Waals surface area (Å²) in [4.78, 5) is 12.6. The van der Waals surface area contributed by atoms with Crippen LogP contribution in [0.5, 0.6) is 5.75 Å². The number of rotatable bonds is 7. The highest BCUT2D eigenvalue weighted by atomic mass is 16.5.